The van der Waals surface area contributed by atoms with E-state index >= 15 is 0 Å². The van der Waals surface area contributed by atoms with Crippen LogP contribution in [0, 0.1) is 6.92 Å². The van der Waals surface area contributed by atoms with Crippen LogP contribution in [0.25, 0.3) is 0 Å². The Morgan fingerprint density at radius 1 is 1.32 bits per heavy atom. The molecule has 0 aliphatic rings. The smallest absolute Gasteiger partial charge is 0.122 e. The molecular weight excluding hydrogens is 238 g/mol. The maximum atomic E-state index is 9.20. The molecule has 3 heteroatoms. The van der Waals surface area contributed by atoms with Crippen LogP contribution in [0.3, 0.4) is 0 Å². The van der Waals surface area contributed by atoms with Gasteiger partial charge in [-0.05, 0) is 43.9 Å². The van der Waals surface area contributed by atoms with E-state index in [4.69, 9.17) is 10.5 Å². The highest BCUT2D eigenvalue weighted by Crippen LogP contribution is 2.26. The molecule has 19 heavy (non-hydrogen) atoms. The van der Waals surface area contributed by atoms with Crippen LogP contribution in [0.4, 0.5) is 0 Å². The third-order valence-corrected chi connectivity index (χ3v) is 3.32. The van der Waals surface area contributed by atoms with Gasteiger partial charge in [0.15, 0.2) is 0 Å². The second-order valence-electron chi connectivity index (χ2n) is 6.12. The van der Waals surface area contributed by atoms with Crippen LogP contribution >= 0.6 is 0 Å². The fraction of sp³-hybridized carbons (Fsp3) is 0.625. The van der Waals surface area contributed by atoms with E-state index in [0.29, 0.717) is 12.3 Å². The molecule has 1 aromatic rings. The number of aliphatic hydroxyl groups excluding tert-OH is 1. The van der Waals surface area contributed by atoms with E-state index in [9.17, 15) is 5.11 Å². The first-order valence-corrected chi connectivity index (χ1v) is 6.92. The third-order valence-electron chi connectivity index (χ3n) is 3.32. The molecule has 0 fully saturated rings. The first kappa shape index (κ1) is 16.0. The minimum Gasteiger partial charge on any atom is -0.490 e. The highest BCUT2D eigenvalue weighted by Gasteiger charge is 2.22. The summed E-state index contributed by atoms with van der Waals surface area (Å²) >= 11 is 0. The molecule has 0 saturated carbocycles. The zero-order chi connectivity index (χ0) is 14.6. The largest absolute Gasteiger partial charge is 0.490 e. The summed E-state index contributed by atoms with van der Waals surface area (Å²) in [6.07, 6.45) is 0.595. The summed E-state index contributed by atoms with van der Waals surface area (Å²) < 4.78 is 5.98. The number of hydrogen-bond donors (Lipinski definition) is 2. The van der Waals surface area contributed by atoms with Gasteiger partial charge in [-0.25, -0.2) is 0 Å². The van der Waals surface area contributed by atoms with Gasteiger partial charge in [0.05, 0.1) is 12.7 Å². The van der Waals surface area contributed by atoms with Crippen LogP contribution in [0.15, 0.2) is 18.2 Å². The van der Waals surface area contributed by atoms with Crippen LogP contribution in [0.5, 0.6) is 5.75 Å². The topological polar surface area (TPSA) is 55.5 Å². The van der Waals surface area contributed by atoms with E-state index in [1.807, 2.05) is 20.8 Å². The molecule has 0 amide bonds. The van der Waals surface area contributed by atoms with Crippen molar-refractivity contribution in [1.82, 2.24) is 0 Å². The van der Waals surface area contributed by atoms with Crippen molar-refractivity contribution < 1.29 is 9.84 Å². The summed E-state index contributed by atoms with van der Waals surface area (Å²) in [5, 5.41) is 9.20. The maximum Gasteiger partial charge on any atom is 0.122 e. The summed E-state index contributed by atoms with van der Waals surface area (Å²) in [6.45, 7) is 10.2. The minimum absolute atomic E-state index is 0.0248. The van der Waals surface area contributed by atoms with E-state index in [1.54, 1.807) is 0 Å². The van der Waals surface area contributed by atoms with Crippen molar-refractivity contribution in [2.45, 2.75) is 58.6 Å². The summed E-state index contributed by atoms with van der Waals surface area (Å²) in [7, 11) is 0. The molecule has 0 aromatic heterocycles. The molecular formula is C16H27NO2. The van der Waals surface area contributed by atoms with Gasteiger partial charge in [-0.15, -0.1) is 0 Å². The number of hydrogen-bond acceptors (Lipinski definition) is 3. The Morgan fingerprint density at radius 2 is 1.95 bits per heavy atom. The van der Waals surface area contributed by atoms with Crippen molar-refractivity contribution in [2.24, 2.45) is 5.73 Å². The summed E-state index contributed by atoms with van der Waals surface area (Å²) in [5.74, 6) is 1.39. The highest BCUT2D eigenvalue weighted by atomic mass is 16.5. The van der Waals surface area contributed by atoms with E-state index < -0.39 is 5.54 Å². The molecule has 0 aliphatic heterocycles. The van der Waals surface area contributed by atoms with Gasteiger partial charge in [-0.2, -0.15) is 0 Å². The van der Waals surface area contributed by atoms with Gasteiger partial charge < -0.3 is 15.6 Å². The minimum atomic E-state index is -0.594. The molecule has 0 spiro atoms. The number of benzene rings is 1. The normalized spacial score (nSPS) is 16.2. The Balaban J connectivity index is 2.78. The van der Waals surface area contributed by atoms with Gasteiger partial charge in [0.25, 0.3) is 0 Å². The second kappa shape index (κ2) is 6.40. The average molecular weight is 265 g/mol. The standard InChI is InChI=1S/C16H27NO2/c1-11(2)14-7-6-12(3)15(8-14)19-13(4)9-16(5,17)10-18/h6-8,11,13,18H,9-10,17H2,1-5H3. The molecule has 1 aromatic carbocycles. The van der Waals surface area contributed by atoms with E-state index in [-0.39, 0.29) is 12.7 Å². The lowest BCUT2D eigenvalue weighted by atomic mass is 9.97. The van der Waals surface area contributed by atoms with Crippen molar-refractivity contribution in [3.63, 3.8) is 0 Å². The SMILES string of the molecule is Cc1ccc(C(C)C)cc1OC(C)CC(C)(N)CO. The van der Waals surface area contributed by atoms with Gasteiger partial charge in [0.2, 0.25) is 0 Å². The Hall–Kier alpha value is -1.06. The predicted octanol–water partition coefficient (Wildman–Crippen LogP) is 2.99. The van der Waals surface area contributed by atoms with Gasteiger partial charge in [-0.3, -0.25) is 0 Å². The van der Waals surface area contributed by atoms with Crippen LogP contribution in [0.2, 0.25) is 0 Å². The van der Waals surface area contributed by atoms with Gasteiger partial charge in [0.1, 0.15) is 5.75 Å². The molecule has 3 nitrogen and oxygen atoms in total. The zero-order valence-electron chi connectivity index (χ0n) is 12.7. The molecule has 1 rings (SSSR count). The summed E-state index contributed by atoms with van der Waals surface area (Å²) in [5.41, 5.74) is 7.76. The molecule has 2 unspecified atom stereocenters. The molecule has 0 radical (unpaired) electrons. The van der Waals surface area contributed by atoms with Crippen molar-refractivity contribution in [2.75, 3.05) is 6.61 Å². The van der Waals surface area contributed by atoms with Crippen LogP contribution in [-0.4, -0.2) is 23.4 Å². The highest BCUT2D eigenvalue weighted by molar-refractivity contribution is 5.37. The Kier molecular flexibility index (Phi) is 5.39. The van der Waals surface area contributed by atoms with E-state index in [1.165, 1.54) is 5.56 Å². The van der Waals surface area contributed by atoms with E-state index in [2.05, 4.69) is 32.0 Å². The lowest BCUT2D eigenvalue weighted by Gasteiger charge is -2.27. The van der Waals surface area contributed by atoms with Crippen molar-refractivity contribution in [1.29, 1.82) is 0 Å². The molecule has 0 saturated heterocycles. The third kappa shape index (κ3) is 4.84. The lowest BCUT2D eigenvalue weighted by Crippen LogP contribution is -2.43. The monoisotopic (exact) mass is 265 g/mol. The first-order valence-electron chi connectivity index (χ1n) is 6.92. The Bertz CT molecular complexity index is 413. The van der Waals surface area contributed by atoms with Crippen molar-refractivity contribution in [3.8, 4) is 5.75 Å². The van der Waals surface area contributed by atoms with Gasteiger partial charge in [-0.1, -0.05) is 26.0 Å². The number of aryl methyl sites for hydroxylation is 1. The summed E-state index contributed by atoms with van der Waals surface area (Å²) in [6, 6.07) is 6.33. The molecule has 0 aliphatic carbocycles. The quantitative estimate of drug-likeness (QED) is 0.831. The van der Waals surface area contributed by atoms with Crippen LogP contribution in [0.1, 0.15) is 51.2 Å². The number of nitrogens with two attached hydrogens (primary N) is 1. The lowest BCUT2D eigenvalue weighted by molar-refractivity contribution is 0.133. The van der Waals surface area contributed by atoms with Crippen LogP contribution in [-0.2, 0) is 0 Å². The average Bonchev–Trinajstić information content (AvgIpc) is 2.31. The molecule has 3 N–H and O–H groups in total. The predicted molar refractivity (Wildman–Crippen MR) is 79.7 cm³/mol. The molecule has 2 atom stereocenters. The first-order chi connectivity index (χ1) is 8.75. The number of rotatable bonds is 6. The fourth-order valence-corrected chi connectivity index (χ4v) is 2.08. The second-order valence-corrected chi connectivity index (χ2v) is 6.12. The number of ether oxygens (including phenoxy) is 1. The van der Waals surface area contributed by atoms with Crippen LogP contribution < -0.4 is 10.5 Å². The summed E-state index contributed by atoms with van der Waals surface area (Å²) in [4.78, 5) is 0. The molecule has 0 bridgehead atoms. The Labute approximate surface area is 116 Å². The fourth-order valence-electron chi connectivity index (χ4n) is 2.08. The van der Waals surface area contributed by atoms with Gasteiger partial charge >= 0.3 is 0 Å². The molecule has 0 heterocycles. The van der Waals surface area contributed by atoms with Crippen molar-refractivity contribution in [3.05, 3.63) is 29.3 Å². The molecule has 108 valence electrons. The van der Waals surface area contributed by atoms with Gasteiger partial charge in [0, 0.05) is 12.0 Å². The maximum absolute atomic E-state index is 9.20. The number of aliphatic hydroxyl groups is 1. The zero-order valence-corrected chi connectivity index (χ0v) is 12.7. The Morgan fingerprint density at radius 3 is 2.47 bits per heavy atom. The van der Waals surface area contributed by atoms with E-state index in [0.717, 1.165) is 11.3 Å². The van der Waals surface area contributed by atoms with Crippen molar-refractivity contribution >= 4 is 0 Å².